The number of thiazole rings is 1. The molecule has 1 amide bonds. The van der Waals surface area contributed by atoms with E-state index in [-0.39, 0.29) is 5.91 Å². The summed E-state index contributed by atoms with van der Waals surface area (Å²) in [6.45, 7) is 0.465. The number of hydrogen-bond acceptors (Lipinski definition) is 3. The van der Waals surface area contributed by atoms with Gasteiger partial charge in [-0.15, -0.1) is 23.7 Å². The molecule has 0 saturated carbocycles. The second-order valence-electron chi connectivity index (χ2n) is 2.19. The van der Waals surface area contributed by atoms with Crippen molar-refractivity contribution in [3.63, 3.8) is 0 Å². The number of carbonyl (C=O) groups excluding carboxylic acids is 1. The van der Waals surface area contributed by atoms with E-state index >= 15 is 0 Å². The van der Waals surface area contributed by atoms with Crippen LogP contribution in [-0.4, -0.2) is 17.4 Å². The van der Waals surface area contributed by atoms with Crippen LogP contribution in [-0.2, 0) is 0 Å². The van der Waals surface area contributed by atoms with Crippen LogP contribution >= 0.6 is 22.9 Å². The maximum atomic E-state index is 11.2. The highest BCUT2D eigenvalue weighted by Gasteiger charge is 2.08. The first-order valence-corrected chi connectivity index (χ1v) is 4.82. The van der Waals surface area contributed by atoms with Crippen LogP contribution in [0.25, 0.3) is 0 Å². The summed E-state index contributed by atoms with van der Waals surface area (Å²) in [6.07, 6.45) is 5.54. The predicted octanol–water partition coefficient (Wildman–Crippen LogP) is 1.55. The maximum Gasteiger partial charge on any atom is 0.280 e. The van der Waals surface area contributed by atoms with E-state index in [4.69, 9.17) is 18.0 Å². The lowest BCUT2D eigenvalue weighted by Crippen LogP contribution is -2.23. The predicted molar refractivity (Wildman–Crippen MR) is 52.9 cm³/mol. The normalized spacial score (nSPS) is 9.23. The van der Waals surface area contributed by atoms with Gasteiger partial charge in [-0.25, -0.2) is 4.98 Å². The zero-order valence-corrected chi connectivity index (χ0v) is 8.28. The van der Waals surface area contributed by atoms with E-state index in [1.165, 1.54) is 11.3 Å². The first-order valence-electron chi connectivity index (χ1n) is 3.56. The van der Waals surface area contributed by atoms with Crippen molar-refractivity contribution < 1.29 is 4.79 Å². The first-order chi connectivity index (χ1) is 6.24. The quantitative estimate of drug-likeness (QED) is 0.613. The molecule has 0 bridgehead atoms. The molecule has 1 aromatic heterocycles. The largest absolute Gasteiger partial charge is 0.349 e. The van der Waals surface area contributed by atoms with Gasteiger partial charge in [-0.2, -0.15) is 0 Å². The standard InChI is InChI=1S/C8H7ClN2OS/c1-2-3-4-10-7(12)8-11-6(9)5-13-8/h1,5H,3-4H2,(H,10,12). The molecule has 0 aliphatic rings. The van der Waals surface area contributed by atoms with Crippen molar-refractivity contribution in [3.8, 4) is 12.3 Å². The third-order valence-electron chi connectivity index (χ3n) is 1.23. The highest BCUT2D eigenvalue weighted by Crippen LogP contribution is 2.13. The number of terminal acetylenes is 1. The molecule has 0 unspecified atom stereocenters. The monoisotopic (exact) mass is 214 g/mol. The summed E-state index contributed by atoms with van der Waals surface area (Å²) >= 11 is 6.76. The third kappa shape index (κ3) is 3.05. The van der Waals surface area contributed by atoms with Crippen LogP contribution in [0, 0.1) is 12.3 Å². The summed E-state index contributed by atoms with van der Waals surface area (Å²) in [5, 5.41) is 4.93. The average molecular weight is 215 g/mol. The molecule has 13 heavy (non-hydrogen) atoms. The Morgan fingerprint density at radius 1 is 1.85 bits per heavy atom. The number of halogens is 1. The van der Waals surface area contributed by atoms with E-state index < -0.39 is 0 Å². The van der Waals surface area contributed by atoms with Gasteiger partial charge in [-0.3, -0.25) is 4.79 Å². The lowest BCUT2D eigenvalue weighted by Gasteiger charge is -1.97. The molecule has 0 fully saturated rings. The lowest BCUT2D eigenvalue weighted by atomic mass is 10.4. The van der Waals surface area contributed by atoms with Gasteiger partial charge in [0.15, 0.2) is 5.01 Å². The molecule has 0 atom stereocenters. The Kier molecular flexibility index (Phi) is 3.74. The molecule has 1 rings (SSSR count). The molecular formula is C8H7ClN2OS. The molecule has 0 spiro atoms. The Morgan fingerprint density at radius 2 is 2.62 bits per heavy atom. The van der Waals surface area contributed by atoms with Crippen LogP contribution in [0.5, 0.6) is 0 Å². The number of hydrogen-bond donors (Lipinski definition) is 1. The Bertz CT molecular complexity index is 342. The number of nitrogens with zero attached hydrogens (tertiary/aromatic N) is 1. The van der Waals surface area contributed by atoms with Gasteiger partial charge in [0.1, 0.15) is 5.15 Å². The van der Waals surface area contributed by atoms with Gasteiger partial charge in [-0.1, -0.05) is 11.6 Å². The zero-order valence-electron chi connectivity index (χ0n) is 6.71. The van der Waals surface area contributed by atoms with Crippen LogP contribution < -0.4 is 5.32 Å². The Morgan fingerprint density at radius 3 is 3.15 bits per heavy atom. The average Bonchev–Trinajstić information content (AvgIpc) is 2.52. The molecule has 68 valence electrons. The first kappa shape index (κ1) is 10.0. The van der Waals surface area contributed by atoms with E-state index in [0.717, 1.165) is 0 Å². The number of rotatable bonds is 3. The summed E-state index contributed by atoms with van der Waals surface area (Å²) in [6, 6.07) is 0. The fourth-order valence-electron chi connectivity index (χ4n) is 0.682. The summed E-state index contributed by atoms with van der Waals surface area (Å²) in [4.78, 5) is 15.1. The fraction of sp³-hybridized carbons (Fsp3) is 0.250. The zero-order chi connectivity index (χ0) is 9.68. The number of aromatic nitrogens is 1. The fourth-order valence-corrected chi connectivity index (χ4v) is 1.54. The topological polar surface area (TPSA) is 42.0 Å². The molecule has 5 heteroatoms. The lowest BCUT2D eigenvalue weighted by molar-refractivity contribution is 0.0954. The third-order valence-corrected chi connectivity index (χ3v) is 2.39. The van der Waals surface area contributed by atoms with E-state index in [0.29, 0.717) is 23.1 Å². The van der Waals surface area contributed by atoms with Gasteiger partial charge >= 0.3 is 0 Å². The molecule has 0 aliphatic heterocycles. The van der Waals surface area contributed by atoms with Crippen molar-refractivity contribution in [1.82, 2.24) is 10.3 Å². The smallest absolute Gasteiger partial charge is 0.280 e. The molecule has 1 N–H and O–H groups in total. The Labute approximate surface area is 85.1 Å². The van der Waals surface area contributed by atoms with Crippen LogP contribution in [0.3, 0.4) is 0 Å². The summed E-state index contributed by atoms with van der Waals surface area (Å²) in [5.74, 6) is 2.19. The SMILES string of the molecule is C#CCCNC(=O)c1nc(Cl)cs1. The van der Waals surface area contributed by atoms with E-state index in [9.17, 15) is 4.79 Å². The summed E-state index contributed by atoms with van der Waals surface area (Å²) in [7, 11) is 0. The minimum atomic E-state index is -0.229. The second-order valence-corrected chi connectivity index (χ2v) is 3.43. The summed E-state index contributed by atoms with van der Waals surface area (Å²) < 4.78 is 0. The molecule has 0 aromatic carbocycles. The van der Waals surface area contributed by atoms with Crippen molar-refractivity contribution in [2.45, 2.75) is 6.42 Å². The number of nitrogens with one attached hydrogen (secondary N) is 1. The molecule has 0 radical (unpaired) electrons. The van der Waals surface area contributed by atoms with Crippen molar-refractivity contribution in [3.05, 3.63) is 15.5 Å². The van der Waals surface area contributed by atoms with Gasteiger partial charge in [0, 0.05) is 18.3 Å². The second kappa shape index (κ2) is 4.85. The maximum absolute atomic E-state index is 11.2. The minimum Gasteiger partial charge on any atom is -0.349 e. The van der Waals surface area contributed by atoms with Crippen LogP contribution in [0.1, 0.15) is 16.2 Å². The number of carbonyl (C=O) groups is 1. The van der Waals surface area contributed by atoms with Crippen molar-refractivity contribution in [1.29, 1.82) is 0 Å². The molecule has 1 aromatic rings. The van der Waals surface area contributed by atoms with Crippen LogP contribution in [0.2, 0.25) is 5.15 Å². The Hall–Kier alpha value is -1.05. The number of amides is 1. The van der Waals surface area contributed by atoms with Crippen molar-refractivity contribution in [2.75, 3.05) is 6.54 Å². The Balaban J connectivity index is 2.45. The van der Waals surface area contributed by atoms with Gasteiger partial charge in [0.2, 0.25) is 0 Å². The van der Waals surface area contributed by atoms with Gasteiger partial charge in [0.05, 0.1) is 0 Å². The molecule has 0 saturated heterocycles. The molecule has 3 nitrogen and oxygen atoms in total. The van der Waals surface area contributed by atoms with Crippen LogP contribution in [0.15, 0.2) is 5.38 Å². The molecule has 1 heterocycles. The molecular weight excluding hydrogens is 208 g/mol. The minimum absolute atomic E-state index is 0.229. The van der Waals surface area contributed by atoms with Gasteiger partial charge in [0.25, 0.3) is 5.91 Å². The van der Waals surface area contributed by atoms with Crippen LogP contribution in [0.4, 0.5) is 0 Å². The van der Waals surface area contributed by atoms with E-state index in [1.807, 2.05) is 0 Å². The summed E-state index contributed by atoms with van der Waals surface area (Å²) in [5.41, 5.74) is 0. The van der Waals surface area contributed by atoms with Gasteiger partial charge < -0.3 is 5.32 Å². The van der Waals surface area contributed by atoms with E-state index in [2.05, 4.69) is 16.2 Å². The van der Waals surface area contributed by atoms with Gasteiger partial charge in [-0.05, 0) is 0 Å². The van der Waals surface area contributed by atoms with E-state index in [1.54, 1.807) is 5.38 Å². The highest BCUT2D eigenvalue weighted by molar-refractivity contribution is 7.12. The van der Waals surface area contributed by atoms with Crippen molar-refractivity contribution >= 4 is 28.8 Å². The molecule has 0 aliphatic carbocycles. The van der Waals surface area contributed by atoms with Crippen molar-refractivity contribution in [2.24, 2.45) is 0 Å². The highest BCUT2D eigenvalue weighted by atomic mass is 35.5.